The van der Waals surface area contributed by atoms with Crippen LogP contribution in [0, 0.1) is 102 Å². The van der Waals surface area contributed by atoms with Crippen molar-refractivity contribution in [2.45, 2.75) is 162 Å². The van der Waals surface area contributed by atoms with E-state index in [9.17, 15) is 0 Å². The SMILES string of the molecule is Cc1cc(-c2c(C)cccc2C)c2nc(-c3cccc(-c4cccc[n+]4C)c3C)n(C)c2c1.Cc1cc(C)c2nc(-c3cc(-c4c(C)cccc4C)cc(-c4cccc[n+]4C)c3C)n(C)c2c1.Cc1cc(C)c2nc(-c3cccc(-c4cc(CC(C)(C)C)cc[n+]4C)c3C)n(C)c2c1.Cc1cc(C2CCCCC2)c2nc(-c3cccc(-c4cccc[n+]4C)c3C)n(C)c2c1. The minimum atomic E-state index is 0.261. The molecule has 0 spiro atoms. The van der Waals surface area contributed by atoms with Gasteiger partial charge in [-0.25, -0.2) is 38.2 Å². The van der Waals surface area contributed by atoms with Gasteiger partial charge in [-0.05, 0) is 312 Å². The van der Waals surface area contributed by atoms with Crippen molar-refractivity contribution in [3.63, 3.8) is 0 Å². The van der Waals surface area contributed by atoms with E-state index in [4.69, 9.17) is 19.9 Å². The summed E-state index contributed by atoms with van der Waals surface area (Å²) in [6.07, 6.45) is 16.2. The standard InChI is InChI=1S/C31H32N3.C30H30N3.C28H32N3.C28H34N3/c1-19-15-22(4)30-28(16-19)34(7)31(32-30)26-18-24(29-20(2)11-10-12-21(29)3)17-25(23(26)5)27-13-8-9-14-33(27)6;1-19-17-25(28-20(2)11-9-12-21(28)3)29-27(18-19)33(6)30(31-29)24-14-10-13-23(22(24)4)26-15-7-8-16-32(26)5;1-19-17-24(21-11-6-5-7-12-21)27-26(18-19)31(4)28(29-27)23-14-10-13-22(20(23)2)25-15-8-9-16-30(25)3;1-18-14-19(2)26-25(15-18)31(8)27(29-26)23-11-9-10-22(20(23)3)24-16-21(12-13-30(24)7)17-28(4,5)6/h8-18H,1-7H3;7-18H,1-6H3;8-10,13-18,21H,5-7,11-12H2,1-4H3;9-16H,17H2,1-8H3/q4*+1. The van der Waals surface area contributed by atoms with Crippen LogP contribution >= 0.6 is 0 Å². The fraction of sp³-hybridized carbons (Fsp3) is 0.282. The minimum absolute atomic E-state index is 0.261. The molecule has 0 atom stereocenters. The van der Waals surface area contributed by atoms with Gasteiger partial charge >= 0.3 is 0 Å². The van der Waals surface area contributed by atoms with Gasteiger partial charge in [-0.2, -0.15) is 0 Å². The molecule has 18 aromatic rings. The molecule has 0 aliphatic heterocycles. The fourth-order valence-corrected chi connectivity index (χ4v) is 20.4. The van der Waals surface area contributed by atoms with Gasteiger partial charge in [0.05, 0.1) is 49.7 Å². The number of fused-ring (bicyclic) bond motifs is 4. The summed E-state index contributed by atoms with van der Waals surface area (Å²) in [6.45, 7) is 37.5. The molecular formula is C117H128N12+4. The molecule has 19 rings (SSSR count). The maximum Gasteiger partial charge on any atom is 0.212 e. The van der Waals surface area contributed by atoms with E-state index in [0.29, 0.717) is 5.92 Å². The number of hydrogen-bond donors (Lipinski definition) is 0. The molecule has 0 unspecified atom stereocenters. The molecule has 1 saturated carbocycles. The molecule has 0 amide bonds. The smallest absolute Gasteiger partial charge is 0.212 e. The van der Waals surface area contributed by atoms with E-state index in [2.05, 4.69) is 454 Å². The van der Waals surface area contributed by atoms with Crippen LogP contribution < -0.4 is 18.3 Å². The van der Waals surface area contributed by atoms with Gasteiger partial charge in [-0.1, -0.05) is 131 Å². The van der Waals surface area contributed by atoms with Crippen molar-refractivity contribution < 1.29 is 18.3 Å². The van der Waals surface area contributed by atoms with Gasteiger partial charge in [0.15, 0.2) is 24.8 Å². The summed E-state index contributed by atoms with van der Waals surface area (Å²) in [5, 5.41) is 0. The number of aromatic nitrogens is 12. The summed E-state index contributed by atoms with van der Waals surface area (Å²) in [5.74, 6) is 4.75. The van der Waals surface area contributed by atoms with E-state index < -0.39 is 0 Å². The molecule has 652 valence electrons. The molecule has 12 nitrogen and oxygen atoms in total. The van der Waals surface area contributed by atoms with Crippen molar-refractivity contribution >= 4 is 44.1 Å². The summed E-state index contributed by atoms with van der Waals surface area (Å²) in [6, 6.07) is 79.2. The average Bonchev–Trinajstić information content (AvgIpc) is 1.63. The van der Waals surface area contributed by atoms with E-state index >= 15 is 0 Å². The summed E-state index contributed by atoms with van der Waals surface area (Å²) < 4.78 is 17.8. The Morgan fingerprint density at radius 1 is 0.295 bits per heavy atom. The molecule has 1 aliphatic rings. The summed E-state index contributed by atoms with van der Waals surface area (Å²) in [4.78, 5) is 20.8. The molecule has 12 heteroatoms. The Labute approximate surface area is 764 Å². The van der Waals surface area contributed by atoms with Gasteiger partial charge in [0, 0.05) is 121 Å². The molecule has 8 aromatic heterocycles. The molecular weight excluding hydrogens is 1570 g/mol. The third kappa shape index (κ3) is 17.6. The van der Waals surface area contributed by atoms with Crippen molar-refractivity contribution in [3.8, 4) is 113 Å². The zero-order valence-corrected chi connectivity index (χ0v) is 80.8. The summed E-state index contributed by atoms with van der Waals surface area (Å²) >= 11 is 0. The van der Waals surface area contributed by atoms with Gasteiger partial charge < -0.3 is 18.3 Å². The topological polar surface area (TPSA) is 86.8 Å². The largest absolute Gasteiger partial charge is 0.327 e. The zero-order valence-electron chi connectivity index (χ0n) is 80.8. The first kappa shape index (κ1) is 89.1. The number of rotatable bonds is 12. The lowest BCUT2D eigenvalue weighted by atomic mass is 9.83. The number of pyridine rings is 4. The van der Waals surface area contributed by atoms with Crippen LogP contribution in [0.25, 0.3) is 157 Å². The Morgan fingerprint density at radius 2 is 0.643 bits per heavy atom. The molecule has 10 aromatic carbocycles. The highest BCUT2D eigenvalue weighted by Gasteiger charge is 2.29. The lowest BCUT2D eigenvalue weighted by Crippen LogP contribution is -2.31. The first-order chi connectivity index (χ1) is 61.7. The fourth-order valence-electron chi connectivity index (χ4n) is 20.4. The second-order valence-electron chi connectivity index (χ2n) is 38.1. The van der Waals surface area contributed by atoms with Crippen molar-refractivity contribution in [3.05, 3.63) is 332 Å². The van der Waals surface area contributed by atoms with Crippen LogP contribution in [0.2, 0.25) is 0 Å². The Kier molecular flexibility index (Phi) is 25.2. The van der Waals surface area contributed by atoms with E-state index in [1.807, 2.05) is 0 Å². The van der Waals surface area contributed by atoms with Crippen molar-refractivity contribution in [1.29, 1.82) is 0 Å². The Morgan fingerprint density at radius 3 is 1.09 bits per heavy atom. The number of nitrogens with zero attached hydrogens (tertiary/aromatic N) is 12. The second kappa shape index (κ2) is 36.4. The van der Waals surface area contributed by atoms with Crippen LogP contribution in [0.1, 0.15) is 148 Å². The van der Waals surface area contributed by atoms with Crippen LogP contribution in [0.15, 0.2) is 243 Å². The Hall–Kier alpha value is -13.3. The average molecular weight is 1700 g/mol. The maximum absolute atomic E-state index is 5.27. The normalized spacial score (nSPS) is 12.4. The lowest BCUT2D eigenvalue weighted by molar-refractivity contribution is -0.660. The lowest BCUT2D eigenvalue weighted by Gasteiger charge is -2.22. The number of aryl methyl sites for hydroxylation is 18. The second-order valence-corrected chi connectivity index (χ2v) is 38.1. The van der Waals surface area contributed by atoms with E-state index in [1.165, 1.54) is 233 Å². The third-order valence-electron chi connectivity index (χ3n) is 27.1. The van der Waals surface area contributed by atoms with Crippen molar-refractivity contribution in [2.24, 2.45) is 61.8 Å². The monoisotopic (exact) mass is 1700 g/mol. The predicted octanol–water partition coefficient (Wildman–Crippen LogP) is 26.2. The molecule has 129 heavy (non-hydrogen) atoms. The summed E-state index contributed by atoms with van der Waals surface area (Å²) in [5.41, 5.74) is 49.6. The van der Waals surface area contributed by atoms with Crippen LogP contribution in [-0.4, -0.2) is 38.2 Å². The highest BCUT2D eigenvalue weighted by Crippen LogP contribution is 2.44. The first-order valence-corrected chi connectivity index (χ1v) is 46.0. The van der Waals surface area contributed by atoms with Crippen LogP contribution in [-0.2, 0) is 62.8 Å². The van der Waals surface area contributed by atoms with Crippen LogP contribution in [0.3, 0.4) is 0 Å². The van der Waals surface area contributed by atoms with Gasteiger partial charge in [-0.3, -0.25) is 0 Å². The molecule has 1 aliphatic carbocycles. The zero-order chi connectivity index (χ0) is 91.5. The van der Waals surface area contributed by atoms with Crippen molar-refractivity contribution in [1.82, 2.24) is 38.2 Å². The molecule has 0 bridgehead atoms. The molecule has 8 heterocycles. The molecule has 0 N–H and O–H groups in total. The van der Waals surface area contributed by atoms with Gasteiger partial charge in [-0.15, -0.1) is 0 Å². The molecule has 0 saturated heterocycles. The number of imidazole rings is 4. The van der Waals surface area contributed by atoms with Crippen LogP contribution in [0.5, 0.6) is 0 Å². The quantitative estimate of drug-likeness (QED) is 0.114. The molecule has 0 radical (unpaired) electrons. The van der Waals surface area contributed by atoms with E-state index in [1.54, 1.807) is 0 Å². The van der Waals surface area contributed by atoms with E-state index in [-0.39, 0.29) is 5.41 Å². The Bertz CT molecular complexity index is 7340. The number of benzene rings is 10. The molecule has 1 fully saturated rings. The predicted molar refractivity (Wildman–Crippen MR) is 537 cm³/mol. The first-order valence-electron chi connectivity index (χ1n) is 46.0. The van der Waals surface area contributed by atoms with Crippen LogP contribution in [0.4, 0.5) is 0 Å². The third-order valence-corrected chi connectivity index (χ3v) is 27.1. The van der Waals surface area contributed by atoms with E-state index in [0.717, 1.165) is 51.8 Å². The maximum atomic E-state index is 5.27. The van der Waals surface area contributed by atoms with Crippen molar-refractivity contribution in [2.75, 3.05) is 0 Å². The highest BCUT2D eigenvalue weighted by molar-refractivity contribution is 5.98. The van der Waals surface area contributed by atoms with Gasteiger partial charge in [0.1, 0.15) is 51.5 Å². The highest BCUT2D eigenvalue weighted by atomic mass is 15.1. The number of hydrogen-bond acceptors (Lipinski definition) is 4. The Balaban J connectivity index is 0.000000126. The van der Waals surface area contributed by atoms with Gasteiger partial charge in [0.2, 0.25) is 22.8 Å². The van der Waals surface area contributed by atoms with Gasteiger partial charge in [0.25, 0.3) is 0 Å². The summed E-state index contributed by atoms with van der Waals surface area (Å²) in [7, 11) is 17.0. The minimum Gasteiger partial charge on any atom is -0.327 e.